The first kappa shape index (κ1) is 17.4. The van der Waals surface area contributed by atoms with E-state index in [1.54, 1.807) is 36.2 Å². The average molecular weight is 344 g/mol. The fraction of sp³-hybridized carbons (Fsp3) is 0.0909. The summed E-state index contributed by atoms with van der Waals surface area (Å²) in [6.07, 6.45) is 0. The molecule has 0 spiro atoms. The molecule has 0 heterocycles. The Morgan fingerprint density at radius 3 is 1.85 bits per heavy atom. The molecule has 0 saturated heterocycles. The lowest BCUT2D eigenvalue weighted by Gasteiger charge is -2.25. The molecule has 0 aliphatic heterocycles. The first-order chi connectivity index (χ1) is 12.7. The van der Waals surface area contributed by atoms with Crippen LogP contribution < -0.4 is 10.2 Å². The van der Waals surface area contributed by atoms with E-state index in [1.807, 2.05) is 66.7 Å². The summed E-state index contributed by atoms with van der Waals surface area (Å²) < 4.78 is 0. The van der Waals surface area contributed by atoms with Gasteiger partial charge in [-0.15, -0.1) is 0 Å². The Kier molecular flexibility index (Phi) is 5.44. The predicted molar refractivity (Wildman–Crippen MR) is 103 cm³/mol. The van der Waals surface area contributed by atoms with Crippen LogP contribution in [0, 0.1) is 0 Å². The Morgan fingerprint density at radius 1 is 0.769 bits per heavy atom. The lowest BCUT2D eigenvalue weighted by atomic mass is 10.0. The normalized spacial score (nSPS) is 11.4. The summed E-state index contributed by atoms with van der Waals surface area (Å²) in [7, 11) is 1.71. The smallest absolute Gasteiger partial charge is 0.253 e. The summed E-state index contributed by atoms with van der Waals surface area (Å²) in [5, 5.41) is 2.87. The second-order valence-electron chi connectivity index (χ2n) is 5.92. The highest BCUT2D eigenvalue weighted by Crippen LogP contribution is 2.20. The molecule has 0 aliphatic rings. The molecule has 26 heavy (non-hydrogen) atoms. The van der Waals surface area contributed by atoms with E-state index in [9.17, 15) is 9.59 Å². The Morgan fingerprint density at radius 2 is 1.27 bits per heavy atom. The third-order valence-electron chi connectivity index (χ3n) is 4.17. The van der Waals surface area contributed by atoms with Gasteiger partial charge >= 0.3 is 0 Å². The summed E-state index contributed by atoms with van der Waals surface area (Å²) in [6, 6.07) is 26.8. The van der Waals surface area contributed by atoms with E-state index >= 15 is 0 Å². The average Bonchev–Trinajstić information content (AvgIpc) is 2.72. The maximum absolute atomic E-state index is 13.1. The number of anilines is 1. The van der Waals surface area contributed by atoms with Crippen LogP contribution in [0.2, 0.25) is 0 Å². The second kappa shape index (κ2) is 8.12. The van der Waals surface area contributed by atoms with Gasteiger partial charge in [0.2, 0.25) is 0 Å². The Bertz CT molecular complexity index is 864. The van der Waals surface area contributed by atoms with Crippen molar-refractivity contribution in [2.24, 2.45) is 0 Å². The molecule has 0 radical (unpaired) electrons. The molecule has 4 nitrogen and oxygen atoms in total. The van der Waals surface area contributed by atoms with Crippen LogP contribution >= 0.6 is 0 Å². The maximum atomic E-state index is 13.1. The van der Waals surface area contributed by atoms with Crippen molar-refractivity contribution >= 4 is 17.5 Å². The zero-order chi connectivity index (χ0) is 18.4. The van der Waals surface area contributed by atoms with Crippen molar-refractivity contribution in [1.29, 1.82) is 0 Å². The maximum Gasteiger partial charge on any atom is 0.253 e. The highest BCUT2D eigenvalue weighted by atomic mass is 16.2. The fourth-order valence-corrected chi connectivity index (χ4v) is 2.71. The predicted octanol–water partition coefficient (Wildman–Crippen LogP) is 3.82. The number of likely N-dealkylation sites (N-methyl/N-ethyl adjacent to an activating group) is 1. The van der Waals surface area contributed by atoms with Crippen LogP contribution in [0.3, 0.4) is 0 Å². The Labute approximate surface area is 153 Å². The van der Waals surface area contributed by atoms with E-state index in [4.69, 9.17) is 0 Å². The highest BCUT2D eigenvalue weighted by Gasteiger charge is 2.26. The number of hydrogen-bond acceptors (Lipinski definition) is 2. The molecule has 1 N–H and O–H groups in total. The van der Waals surface area contributed by atoms with Crippen LogP contribution in [0.5, 0.6) is 0 Å². The van der Waals surface area contributed by atoms with Gasteiger partial charge < -0.3 is 10.2 Å². The molecule has 1 atom stereocenters. The summed E-state index contributed by atoms with van der Waals surface area (Å²) >= 11 is 0. The molecule has 0 saturated carbocycles. The van der Waals surface area contributed by atoms with Gasteiger partial charge in [-0.3, -0.25) is 9.59 Å². The van der Waals surface area contributed by atoms with Crippen LogP contribution in [0.4, 0.5) is 5.69 Å². The minimum Gasteiger partial charge on any atom is -0.336 e. The summed E-state index contributed by atoms with van der Waals surface area (Å²) in [6.45, 7) is 0. The molecule has 0 aromatic heterocycles. The largest absolute Gasteiger partial charge is 0.336 e. The van der Waals surface area contributed by atoms with E-state index in [1.165, 1.54) is 0 Å². The zero-order valence-corrected chi connectivity index (χ0v) is 14.5. The van der Waals surface area contributed by atoms with Gasteiger partial charge in [0.25, 0.3) is 11.8 Å². The SMILES string of the molecule is CN(C(=O)C(NC(=O)c1ccccc1)c1ccccc1)c1ccccc1. The van der Waals surface area contributed by atoms with Gasteiger partial charge in [-0.25, -0.2) is 0 Å². The second-order valence-corrected chi connectivity index (χ2v) is 5.92. The van der Waals surface area contributed by atoms with E-state index in [2.05, 4.69) is 5.32 Å². The number of amides is 2. The topological polar surface area (TPSA) is 49.4 Å². The number of rotatable bonds is 5. The van der Waals surface area contributed by atoms with Crippen LogP contribution in [-0.2, 0) is 4.79 Å². The monoisotopic (exact) mass is 344 g/mol. The van der Waals surface area contributed by atoms with Crippen molar-refractivity contribution in [3.05, 3.63) is 102 Å². The Hall–Kier alpha value is -3.40. The summed E-state index contributed by atoms with van der Waals surface area (Å²) in [4.78, 5) is 27.3. The fourth-order valence-electron chi connectivity index (χ4n) is 2.71. The molecule has 0 fully saturated rings. The van der Waals surface area contributed by atoms with Crippen molar-refractivity contribution in [2.75, 3.05) is 11.9 Å². The molecule has 3 aromatic carbocycles. The van der Waals surface area contributed by atoms with Crippen molar-refractivity contribution < 1.29 is 9.59 Å². The molecule has 130 valence electrons. The number of carbonyl (C=O) groups excluding carboxylic acids is 2. The number of nitrogens with one attached hydrogen (secondary N) is 1. The van der Waals surface area contributed by atoms with Crippen molar-refractivity contribution in [3.8, 4) is 0 Å². The standard InChI is InChI=1S/C22H20N2O2/c1-24(19-15-9-4-10-16-19)22(26)20(17-11-5-2-6-12-17)23-21(25)18-13-7-3-8-14-18/h2-16,20H,1H3,(H,23,25). The van der Waals surface area contributed by atoms with Gasteiger partial charge in [0.1, 0.15) is 6.04 Å². The van der Waals surface area contributed by atoms with E-state index in [-0.39, 0.29) is 11.8 Å². The molecule has 3 aromatic rings. The van der Waals surface area contributed by atoms with Crippen molar-refractivity contribution in [3.63, 3.8) is 0 Å². The molecular weight excluding hydrogens is 324 g/mol. The van der Waals surface area contributed by atoms with Gasteiger partial charge in [0.15, 0.2) is 0 Å². The summed E-state index contributed by atoms with van der Waals surface area (Å²) in [5.74, 6) is -0.485. The van der Waals surface area contributed by atoms with Crippen molar-refractivity contribution in [2.45, 2.75) is 6.04 Å². The first-order valence-electron chi connectivity index (χ1n) is 8.40. The molecule has 0 bridgehead atoms. The lowest BCUT2D eigenvalue weighted by Crippen LogP contribution is -2.41. The number of para-hydroxylation sites is 1. The molecule has 1 unspecified atom stereocenters. The van der Waals surface area contributed by atoms with E-state index < -0.39 is 6.04 Å². The third-order valence-corrected chi connectivity index (χ3v) is 4.17. The van der Waals surface area contributed by atoms with Crippen molar-refractivity contribution in [1.82, 2.24) is 5.32 Å². The number of nitrogens with zero attached hydrogens (tertiary/aromatic N) is 1. The van der Waals surface area contributed by atoms with Gasteiger partial charge in [0.05, 0.1) is 0 Å². The van der Waals surface area contributed by atoms with Crippen LogP contribution in [0.25, 0.3) is 0 Å². The number of carbonyl (C=O) groups is 2. The van der Waals surface area contributed by atoms with Crippen LogP contribution in [0.1, 0.15) is 22.0 Å². The van der Waals surface area contributed by atoms with Crippen LogP contribution in [-0.4, -0.2) is 18.9 Å². The van der Waals surface area contributed by atoms with Crippen LogP contribution in [0.15, 0.2) is 91.0 Å². The number of hydrogen-bond donors (Lipinski definition) is 1. The molecule has 2 amide bonds. The quantitative estimate of drug-likeness (QED) is 0.765. The van der Waals surface area contributed by atoms with Gasteiger partial charge in [-0.2, -0.15) is 0 Å². The van der Waals surface area contributed by atoms with Gasteiger partial charge in [-0.1, -0.05) is 66.7 Å². The first-order valence-corrected chi connectivity index (χ1v) is 8.40. The number of benzene rings is 3. The minimum atomic E-state index is -0.769. The molecular formula is C22H20N2O2. The molecule has 4 heteroatoms. The van der Waals surface area contributed by atoms with Gasteiger partial charge in [0, 0.05) is 18.3 Å². The minimum absolute atomic E-state index is 0.202. The molecule has 0 aliphatic carbocycles. The highest BCUT2D eigenvalue weighted by molar-refractivity contribution is 6.02. The third kappa shape index (κ3) is 3.98. The molecule has 3 rings (SSSR count). The Balaban J connectivity index is 1.89. The lowest BCUT2D eigenvalue weighted by molar-refractivity contribution is -0.120. The van der Waals surface area contributed by atoms with E-state index in [0.717, 1.165) is 11.3 Å². The van der Waals surface area contributed by atoms with E-state index in [0.29, 0.717) is 5.56 Å². The zero-order valence-electron chi connectivity index (χ0n) is 14.5. The van der Waals surface area contributed by atoms with Gasteiger partial charge in [-0.05, 0) is 29.8 Å². The summed E-state index contributed by atoms with van der Waals surface area (Å²) in [5.41, 5.74) is 2.03.